The number of fused-ring (bicyclic) bond motifs is 1. The number of hydrogen-bond acceptors (Lipinski definition) is 8. The minimum absolute atomic E-state index is 0.0510. The fourth-order valence-corrected chi connectivity index (χ4v) is 5.27. The van der Waals surface area contributed by atoms with Gasteiger partial charge in [-0.15, -0.1) is 0 Å². The fourth-order valence-electron chi connectivity index (χ4n) is 5.27. The van der Waals surface area contributed by atoms with Crippen molar-refractivity contribution in [2.24, 2.45) is 0 Å². The molecule has 214 valence electrons. The number of furan rings is 1. The number of carbonyl (C=O) groups is 2. The molecule has 40 heavy (non-hydrogen) atoms. The average molecular weight is 558 g/mol. The Morgan fingerprint density at radius 1 is 1.35 bits per heavy atom. The van der Waals surface area contributed by atoms with Crippen molar-refractivity contribution >= 4 is 30.1 Å². The van der Waals surface area contributed by atoms with Crippen molar-refractivity contribution in [3.63, 3.8) is 0 Å². The predicted octanol–water partition coefficient (Wildman–Crippen LogP) is 3.23. The van der Waals surface area contributed by atoms with E-state index in [0.717, 1.165) is 0 Å². The molecule has 1 aromatic heterocycles. The van der Waals surface area contributed by atoms with Crippen LogP contribution >= 0.6 is 0 Å². The molecule has 0 bridgehead atoms. The third-order valence-corrected chi connectivity index (χ3v) is 7.40. The maximum Gasteiger partial charge on any atom is 0.453 e. The Balaban J connectivity index is 1.40. The van der Waals surface area contributed by atoms with E-state index in [0.29, 0.717) is 35.9 Å². The summed E-state index contributed by atoms with van der Waals surface area (Å²) in [6.45, 7) is 3.49. The molecule has 2 saturated heterocycles. The first-order valence-electron chi connectivity index (χ1n) is 13.2. The summed E-state index contributed by atoms with van der Waals surface area (Å²) in [4.78, 5) is 29.0. The van der Waals surface area contributed by atoms with Crippen LogP contribution in [0.1, 0.15) is 44.7 Å². The van der Waals surface area contributed by atoms with Gasteiger partial charge in [-0.05, 0) is 38.8 Å². The monoisotopic (exact) mass is 558 g/mol. The van der Waals surface area contributed by atoms with Crippen LogP contribution in [-0.2, 0) is 9.53 Å². The molecule has 10 nitrogen and oxygen atoms in total. The Morgan fingerprint density at radius 3 is 2.77 bits per heavy atom. The van der Waals surface area contributed by atoms with Crippen LogP contribution in [0.2, 0.25) is 6.32 Å². The number of ether oxygens (including phenoxy) is 1. The number of piperidine rings is 1. The summed E-state index contributed by atoms with van der Waals surface area (Å²) in [6.07, 6.45) is 1.93. The molecule has 2 aliphatic rings. The molecule has 2 amide bonds. The van der Waals surface area contributed by atoms with Gasteiger partial charge in [0.1, 0.15) is 23.3 Å². The van der Waals surface area contributed by atoms with E-state index in [1.165, 1.54) is 17.2 Å². The Hall–Kier alpha value is -3.47. The van der Waals surface area contributed by atoms with E-state index in [1.807, 2.05) is 6.07 Å². The van der Waals surface area contributed by atoms with Gasteiger partial charge in [-0.25, -0.2) is 13.6 Å². The van der Waals surface area contributed by atoms with Gasteiger partial charge in [0.2, 0.25) is 0 Å². The van der Waals surface area contributed by atoms with Crippen molar-refractivity contribution in [3.8, 4) is 6.07 Å². The number of hydrogen-bond donors (Lipinski definition) is 3. The number of carbonyl (C=O) groups excluding carboxylic acids is 2. The Morgan fingerprint density at radius 2 is 2.10 bits per heavy atom. The number of halogens is 2. The maximum absolute atomic E-state index is 13.8. The molecule has 0 radical (unpaired) electrons. The van der Waals surface area contributed by atoms with Gasteiger partial charge in [0.25, 0.3) is 11.8 Å². The van der Waals surface area contributed by atoms with Crippen molar-refractivity contribution in [1.82, 2.24) is 15.1 Å². The largest absolute Gasteiger partial charge is 0.464 e. The maximum atomic E-state index is 13.8. The van der Waals surface area contributed by atoms with Gasteiger partial charge in [0.15, 0.2) is 0 Å². The number of nitrogens with one attached hydrogen (secondary N) is 1. The van der Waals surface area contributed by atoms with Gasteiger partial charge in [-0.3, -0.25) is 9.69 Å². The van der Waals surface area contributed by atoms with Crippen molar-refractivity contribution in [2.75, 3.05) is 26.2 Å². The van der Waals surface area contributed by atoms with Crippen LogP contribution in [-0.4, -0.2) is 82.7 Å². The smallest absolute Gasteiger partial charge is 0.453 e. The number of nitriles is 1. The van der Waals surface area contributed by atoms with Crippen molar-refractivity contribution < 1.29 is 37.6 Å². The highest BCUT2D eigenvalue weighted by Crippen LogP contribution is 2.33. The third-order valence-electron chi connectivity index (χ3n) is 7.40. The zero-order valence-electron chi connectivity index (χ0n) is 22.5. The molecule has 3 N–H and O–H groups in total. The number of para-hydroxylation sites is 1. The second kappa shape index (κ2) is 12.0. The zero-order valence-corrected chi connectivity index (χ0v) is 22.5. The summed E-state index contributed by atoms with van der Waals surface area (Å²) < 4.78 is 38.6. The fraction of sp³-hybridized carbons (Fsp3) is 0.519. The molecule has 2 aliphatic heterocycles. The molecule has 3 heterocycles. The normalized spacial score (nSPS) is 20.7. The van der Waals surface area contributed by atoms with Crippen LogP contribution in [0.25, 0.3) is 11.0 Å². The topological polar surface area (TPSA) is 139 Å². The summed E-state index contributed by atoms with van der Waals surface area (Å²) in [7, 11) is -1.70. The first kappa shape index (κ1) is 29.5. The molecule has 0 unspecified atom stereocenters. The summed E-state index contributed by atoms with van der Waals surface area (Å²) in [5, 5.41) is 32.3. The number of benzene rings is 1. The van der Waals surface area contributed by atoms with E-state index < -0.39 is 49.3 Å². The van der Waals surface area contributed by atoms with Crippen LogP contribution in [0, 0.1) is 11.3 Å². The van der Waals surface area contributed by atoms with Crippen molar-refractivity contribution in [1.29, 1.82) is 5.26 Å². The first-order chi connectivity index (χ1) is 18.9. The van der Waals surface area contributed by atoms with Gasteiger partial charge < -0.3 is 29.4 Å². The second-order valence-electron chi connectivity index (χ2n) is 10.9. The van der Waals surface area contributed by atoms with E-state index in [4.69, 9.17) is 9.15 Å². The third kappa shape index (κ3) is 6.99. The van der Waals surface area contributed by atoms with Crippen LogP contribution in [0.5, 0.6) is 0 Å². The summed E-state index contributed by atoms with van der Waals surface area (Å²) in [5.41, 5.74) is 0.0439. The molecule has 2 aromatic rings. The SMILES string of the molecule is CC(C)(C=C(C#N)C(=O)N1CCC[C@H](OC(=O)N[C@H](CB(O)O)c2coc3ccccc23)C1)N1CCC(F)(F)C1. The van der Waals surface area contributed by atoms with E-state index >= 15 is 0 Å². The minimum Gasteiger partial charge on any atom is -0.464 e. The Bertz CT molecular complexity index is 1310. The number of likely N-dealkylation sites (tertiary alicyclic amines) is 2. The van der Waals surface area contributed by atoms with Gasteiger partial charge in [0, 0.05) is 42.3 Å². The van der Waals surface area contributed by atoms with Crippen LogP contribution < -0.4 is 5.32 Å². The van der Waals surface area contributed by atoms with E-state index in [9.17, 15) is 33.7 Å². The molecule has 0 spiro atoms. The lowest BCUT2D eigenvalue weighted by molar-refractivity contribution is -0.129. The quantitative estimate of drug-likeness (QED) is 0.255. The molecular weight excluding hydrogens is 525 g/mol. The average Bonchev–Trinajstić information content (AvgIpc) is 3.49. The zero-order chi connectivity index (χ0) is 29.1. The number of alkyl carbamates (subject to hydrolysis) is 1. The van der Waals surface area contributed by atoms with E-state index in [2.05, 4.69) is 5.32 Å². The number of rotatable bonds is 8. The lowest BCUT2D eigenvalue weighted by atomic mass is 9.79. The Labute approximate surface area is 231 Å². The highest BCUT2D eigenvalue weighted by Gasteiger charge is 2.43. The second-order valence-corrected chi connectivity index (χ2v) is 10.9. The van der Waals surface area contributed by atoms with Gasteiger partial charge in [-0.2, -0.15) is 5.26 Å². The van der Waals surface area contributed by atoms with E-state index in [-0.39, 0.29) is 31.4 Å². The van der Waals surface area contributed by atoms with Gasteiger partial charge in [-0.1, -0.05) is 18.2 Å². The van der Waals surface area contributed by atoms with Crippen molar-refractivity contribution in [3.05, 3.63) is 47.7 Å². The molecule has 4 rings (SSSR count). The highest BCUT2D eigenvalue weighted by atomic mass is 19.3. The molecular formula is C27H33BF2N4O6. The molecule has 2 atom stereocenters. The minimum atomic E-state index is -2.81. The summed E-state index contributed by atoms with van der Waals surface area (Å²) in [5.74, 6) is -3.36. The summed E-state index contributed by atoms with van der Waals surface area (Å²) >= 11 is 0. The number of amides is 2. The van der Waals surface area contributed by atoms with Crippen LogP contribution in [0.15, 0.2) is 46.6 Å². The standard InChI is InChI=1S/C27H33BF2N4O6/c1-26(2,34-11-9-27(29,30)17-34)12-18(14-31)24(35)33-10-5-6-19(15-33)40-25(36)32-22(13-28(37)38)21-16-39-23-8-4-3-7-20(21)23/h3-4,7-8,12,16,19,22,37-38H,5-6,9-11,13,15,17H2,1-2H3,(H,32,36)/t19-,22+/m0/s1. The van der Waals surface area contributed by atoms with Crippen molar-refractivity contribution in [2.45, 2.75) is 63.0 Å². The van der Waals surface area contributed by atoms with Gasteiger partial charge in [0.05, 0.1) is 25.4 Å². The summed E-state index contributed by atoms with van der Waals surface area (Å²) in [6, 6.07) is 8.23. The molecule has 0 aliphatic carbocycles. The molecule has 2 fully saturated rings. The Kier molecular flexibility index (Phi) is 8.82. The predicted molar refractivity (Wildman–Crippen MR) is 142 cm³/mol. The van der Waals surface area contributed by atoms with Crippen LogP contribution in [0.3, 0.4) is 0 Å². The number of alkyl halides is 2. The highest BCUT2D eigenvalue weighted by molar-refractivity contribution is 6.41. The first-order valence-corrected chi connectivity index (χ1v) is 13.2. The molecule has 1 aromatic carbocycles. The lowest BCUT2D eigenvalue weighted by Gasteiger charge is -2.35. The van der Waals surface area contributed by atoms with Gasteiger partial charge >= 0.3 is 13.2 Å². The van der Waals surface area contributed by atoms with Crippen LogP contribution in [0.4, 0.5) is 13.6 Å². The number of nitrogens with zero attached hydrogens (tertiary/aromatic N) is 3. The van der Waals surface area contributed by atoms with E-state index in [1.54, 1.807) is 43.0 Å². The lowest BCUT2D eigenvalue weighted by Crippen LogP contribution is -2.46. The molecule has 0 saturated carbocycles. The molecule has 13 heteroatoms.